The first kappa shape index (κ1) is 16.3. The highest BCUT2D eigenvalue weighted by Gasteiger charge is 2.42. The highest BCUT2D eigenvalue weighted by Crippen LogP contribution is 2.49. The Labute approximate surface area is 143 Å². The molecule has 7 heteroatoms. The Bertz CT molecular complexity index is 807. The van der Waals surface area contributed by atoms with E-state index in [2.05, 4.69) is 0 Å². The van der Waals surface area contributed by atoms with Crippen molar-refractivity contribution in [3.8, 4) is 11.5 Å². The van der Waals surface area contributed by atoms with Crippen molar-refractivity contribution in [3.63, 3.8) is 0 Å². The minimum atomic E-state index is -0.877. The lowest BCUT2D eigenvalue weighted by molar-refractivity contribution is -0.483. The van der Waals surface area contributed by atoms with Gasteiger partial charge in [-0.15, -0.1) is 0 Å². The molecule has 2 atom stereocenters. The number of benzene rings is 2. The number of halogens is 1. The summed E-state index contributed by atoms with van der Waals surface area (Å²) in [5.74, 6) is -1.36. The van der Waals surface area contributed by atoms with Gasteiger partial charge in [0.2, 0.25) is 6.54 Å². The number of ether oxygens (including phenoxy) is 2. The third-order valence-electron chi connectivity index (χ3n) is 4.06. The van der Waals surface area contributed by atoms with Gasteiger partial charge in [0.1, 0.15) is 11.5 Å². The number of esters is 1. The zero-order valence-corrected chi connectivity index (χ0v) is 13.5. The van der Waals surface area contributed by atoms with Crippen molar-refractivity contribution in [2.75, 3.05) is 13.7 Å². The van der Waals surface area contributed by atoms with Gasteiger partial charge in [-0.1, -0.05) is 35.9 Å². The molecule has 0 aromatic heterocycles. The molecule has 0 saturated heterocycles. The van der Waals surface area contributed by atoms with Gasteiger partial charge in [-0.05, 0) is 18.2 Å². The molecule has 3 rings (SSSR count). The predicted molar refractivity (Wildman–Crippen MR) is 87.3 cm³/mol. The average Bonchev–Trinajstić information content (AvgIpc) is 2.68. The number of carbonyl (C=O) groups is 1. The van der Waals surface area contributed by atoms with Crippen LogP contribution in [0.15, 0.2) is 42.5 Å². The topological polar surface area (TPSA) is 78.7 Å². The van der Waals surface area contributed by atoms with Crippen LogP contribution < -0.4 is 4.74 Å². The number of carbonyl (C=O) groups excluding carboxylic acids is 1. The Morgan fingerprint density at radius 1 is 1.25 bits per heavy atom. The Balaban J connectivity index is 2.28. The maximum atomic E-state index is 12.5. The smallest absolute Gasteiger partial charge is 0.314 e. The molecule has 6 nitrogen and oxygen atoms in total. The second-order valence-corrected chi connectivity index (χ2v) is 5.82. The van der Waals surface area contributed by atoms with E-state index in [4.69, 9.17) is 21.1 Å². The van der Waals surface area contributed by atoms with Crippen LogP contribution in [0.3, 0.4) is 0 Å². The molecule has 0 amide bonds. The van der Waals surface area contributed by atoms with Crippen LogP contribution in [-0.2, 0) is 9.53 Å². The number of methoxy groups -OCH3 is 1. The summed E-state index contributed by atoms with van der Waals surface area (Å²) in [6, 6.07) is 12.0. The SMILES string of the molecule is COC(=O)C1c2ccccc2Oc2cccc(Cl)c2C1C[N+](=O)[O-]. The molecule has 2 aromatic rings. The van der Waals surface area contributed by atoms with Crippen molar-refractivity contribution in [2.24, 2.45) is 0 Å². The van der Waals surface area contributed by atoms with Crippen molar-refractivity contribution in [3.05, 3.63) is 68.7 Å². The number of fused-ring (bicyclic) bond motifs is 2. The molecule has 1 aliphatic heterocycles. The van der Waals surface area contributed by atoms with Crippen LogP contribution >= 0.6 is 11.6 Å². The highest BCUT2D eigenvalue weighted by molar-refractivity contribution is 6.31. The summed E-state index contributed by atoms with van der Waals surface area (Å²) in [6.45, 7) is -0.464. The van der Waals surface area contributed by atoms with E-state index in [1.807, 2.05) is 0 Å². The zero-order chi connectivity index (χ0) is 17.3. The predicted octanol–water partition coefficient (Wildman–Crippen LogP) is 3.76. The first-order valence-corrected chi connectivity index (χ1v) is 7.65. The lowest BCUT2D eigenvalue weighted by Gasteiger charge is -2.22. The van der Waals surface area contributed by atoms with E-state index in [0.29, 0.717) is 27.6 Å². The van der Waals surface area contributed by atoms with E-state index in [0.717, 1.165) is 0 Å². The molecule has 1 heterocycles. The standard InChI is InChI=1S/C17H14ClNO5/c1-23-17(20)15-10-5-2-3-7-13(10)24-14-8-4-6-12(18)16(14)11(15)9-19(21)22/h2-8,11,15H,9H2,1H3. The van der Waals surface area contributed by atoms with Gasteiger partial charge in [-0.2, -0.15) is 0 Å². The van der Waals surface area contributed by atoms with Crippen molar-refractivity contribution in [1.82, 2.24) is 0 Å². The zero-order valence-electron chi connectivity index (χ0n) is 12.8. The fourth-order valence-electron chi connectivity index (χ4n) is 3.07. The molecule has 0 fully saturated rings. The van der Waals surface area contributed by atoms with Crippen LogP contribution in [0.1, 0.15) is 23.0 Å². The van der Waals surface area contributed by atoms with Gasteiger partial charge in [-0.25, -0.2) is 0 Å². The van der Waals surface area contributed by atoms with E-state index < -0.39 is 29.3 Å². The van der Waals surface area contributed by atoms with Crippen LogP contribution in [0.5, 0.6) is 11.5 Å². The summed E-state index contributed by atoms with van der Waals surface area (Å²) in [4.78, 5) is 23.2. The normalized spacial score (nSPS) is 18.6. The number of rotatable bonds is 3. The maximum absolute atomic E-state index is 12.5. The molecule has 0 N–H and O–H groups in total. The third kappa shape index (κ3) is 2.80. The maximum Gasteiger partial charge on any atom is 0.314 e. The Morgan fingerprint density at radius 3 is 2.67 bits per heavy atom. The molecule has 0 aliphatic carbocycles. The van der Waals surface area contributed by atoms with Gasteiger partial charge >= 0.3 is 5.97 Å². The molecule has 2 unspecified atom stereocenters. The molecule has 0 bridgehead atoms. The molecule has 0 saturated carbocycles. The van der Waals surface area contributed by atoms with E-state index in [1.165, 1.54) is 7.11 Å². The van der Waals surface area contributed by atoms with Gasteiger partial charge < -0.3 is 9.47 Å². The summed E-state index contributed by atoms with van der Waals surface area (Å²) in [5, 5.41) is 11.6. The molecule has 0 radical (unpaired) electrons. The minimum Gasteiger partial charge on any atom is -0.469 e. The van der Waals surface area contributed by atoms with Gasteiger partial charge in [0.25, 0.3) is 0 Å². The van der Waals surface area contributed by atoms with Crippen LogP contribution in [0.25, 0.3) is 0 Å². The molecule has 0 spiro atoms. The first-order chi connectivity index (χ1) is 11.5. The molecule has 124 valence electrons. The van der Waals surface area contributed by atoms with Crippen molar-refractivity contribution < 1.29 is 19.2 Å². The van der Waals surface area contributed by atoms with Crippen molar-refractivity contribution >= 4 is 17.6 Å². The fourth-order valence-corrected chi connectivity index (χ4v) is 3.38. The number of hydrogen-bond donors (Lipinski definition) is 0. The van der Waals surface area contributed by atoms with Crippen LogP contribution in [-0.4, -0.2) is 24.5 Å². The molecule has 24 heavy (non-hydrogen) atoms. The van der Waals surface area contributed by atoms with Crippen molar-refractivity contribution in [1.29, 1.82) is 0 Å². The summed E-state index contributed by atoms with van der Waals surface area (Å²) >= 11 is 6.29. The number of para-hydroxylation sites is 1. The first-order valence-electron chi connectivity index (χ1n) is 7.27. The average molecular weight is 348 g/mol. The second-order valence-electron chi connectivity index (χ2n) is 5.41. The molecular weight excluding hydrogens is 334 g/mol. The minimum absolute atomic E-state index is 0.320. The quantitative estimate of drug-likeness (QED) is 0.480. The lowest BCUT2D eigenvalue weighted by atomic mass is 9.81. The largest absolute Gasteiger partial charge is 0.469 e. The molecular formula is C17H14ClNO5. The molecule has 2 aromatic carbocycles. The number of nitrogens with zero attached hydrogens (tertiary/aromatic N) is 1. The van der Waals surface area contributed by atoms with Gasteiger partial charge in [0.15, 0.2) is 0 Å². The van der Waals surface area contributed by atoms with Gasteiger partial charge in [-0.3, -0.25) is 14.9 Å². The van der Waals surface area contributed by atoms with E-state index in [9.17, 15) is 14.9 Å². The van der Waals surface area contributed by atoms with Crippen LogP contribution in [0.2, 0.25) is 5.02 Å². The second kappa shape index (κ2) is 6.49. The van der Waals surface area contributed by atoms with Crippen molar-refractivity contribution in [2.45, 2.75) is 11.8 Å². The highest BCUT2D eigenvalue weighted by atomic mass is 35.5. The van der Waals surface area contributed by atoms with E-state index in [-0.39, 0.29) is 0 Å². The fraction of sp³-hybridized carbons (Fsp3) is 0.235. The summed E-state index contributed by atoms with van der Waals surface area (Å²) in [6.07, 6.45) is 0. The number of nitro groups is 1. The third-order valence-corrected chi connectivity index (χ3v) is 4.39. The Morgan fingerprint density at radius 2 is 1.96 bits per heavy atom. The number of hydrogen-bond acceptors (Lipinski definition) is 5. The van der Waals surface area contributed by atoms with E-state index in [1.54, 1.807) is 42.5 Å². The summed E-state index contributed by atoms with van der Waals surface area (Å²) in [7, 11) is 1.26. The lowest BCUT2D eigenvalue weighted by Crippen LogP contribution is -2.26. The van der Waals surface area contributed by atoms with Crippen LogP contribution in [0.4, 0.5) is 0 Å². The van der Waals surface area contributed by atoms with E-state index >= 15 is 0 Å². The summed E-state index contributed by atoms with van der Waals surface area (Å²) in [5.41, 5.74) is 0.992. The Kier molecular flexibility index (Phi) is 4.40. The summed E-state index contributed by atoms with van der Waals surface area (Å²) < 4.78 is 10.8. The van der Waals surface area contributed by atoms with Gasteiger partial charge in [0, 0.05) is 21.1 Å². The van der Waals surface area contributed by atoms with Gasteiger partial charge in [0.05, 0.1) is 18.9 Å². The molecule has 1 aliphatic rings. The Hall–Kier alpha value is -2.60. The van der Waals surface area contributed by atoms with Crippen LogP contribution in [0, 0.1) is 10.1 Å². The monoisotopic (exact) mass is 347 g/mol.